The number of carbonyl (C=O) groups excluding carboxylic acids is 2. The van der Waals surface area contributed by atoms with Crippen molar-refractivity contribution in [2.45, 2.75) is 19.0 Å². The molecule has 3 aromatic rings. The molecule has 0 saturated carbocycles. The molecule has 7 nitrogen and oxygen atoms in total. The number of fused-ring (bicyclic) bond motifs is 1. The van der Waals surface area contributed by atoms with Crippen LogP contribution in [0.4, 0.5) is 5.69 Å². The Morgan fingerprint density at radius 2 is 1.97 bits per heavy atom. The normalized spacial score (nSPS) is 16.0. The fourth-order valence-electron chi connectivity index (χ4n) is 3.33. The van der Waals surface area contributed by atoms with E-state index in [1.807, 2.05) is 5.38 Å². The van der Waals surface area contributed by atoms with Crippen LogP contribution < -0.4 is 5.32 Å². The van der Waals surface area contributed by atoms with Gasteiger partial charge in [-0.25, -0.2) is 9.78 Å². The van der Waals surface area contributed by atoms with Crippen LogP contribution in [0.1, 0.15) is 32.0 Å². The molecule has 1 aromatic heterocycles. The number of carboxylic acids is 1. The lowest BCUT2D eigenvalue weighted by Gasteiger charge is -2.28. The van der Waals surface area contributed by atoms with Crippen molar-refractivity contribution in [1.29, 1.82) is 0 Å². The summed E-state index contributed by atoms with van der Waals surface area (Å²) in [5.41, 5.74) is 3.96. The molecule has 1 aliphatic rings. The Morgan fingerprint density at radius 1 is 1.20 bits per heavy atom. The highest BCUT2D eigenvalue weighted by Gasteiger charge is 2.36. The number of anilines is 1. The van der Waals surface area contributed by atoms with Crippen LogP contribution in [0.2, 0.25) is 5.02 Å². The summed E-state index contributed by atoms with van der Waals surface area (Å²) in [6.45, 7) is 0.142. The van der Waals surface area contributed by atoms with Gasteiger partial charge in [-0.15, -0.1) is 11.3 Å². The van der Waals surface area contributed by atoms with Crippen LogP contribution in [0.25, 0.3) is 0 Å². The summed E-state index contributed by atoms with van der Waals surface area (Å²) in [5, 5.41) is 14.2. The van der Waals surface area contributed by atoms with Crippen LogP contribution in [-0.2, 0) is 17.8 Å². The van der Waals surface area contributed by atoms with E-state index < -0.39 is 12.0 Å². The smallest absolute Gasteiger partial charge is 0.335 e. The quantitative estimate of drug-likeness (QED) is 0.628. The van der Waals surface area contributed by atoms with Crippen molar-refractivity contribution < 1.29 is 19.5 Å². The third-order valence-electron chi connectivity index (χ3n) is 4.85. The minimum atomic E-state index is -1.03. The molecule has 9 heteroatoms. The Hall–Kier alpha value is -3.23. The summed E-state index contributed by atoms with van der Waals surface area (Å²) in [7, 11) is 0. The standard InChI is InChI=1S/C21H16ClN3O4S/c22-14-5-6-16-17(7-14)24-19(26)18(8-15-10-30-11-23-15)25(20(16)27)9-12-1-3-13(4-2-12)21(28)29/h1-7,10-11,18H,8-9H2,(H,24,26)(H,28,29). The number of halogens is 1. The maximum Gasteiger partial charge on any atom is 0.335 e. The van der Waals surface area contributed by atoms with Gasteiger partial charge in [0.05, 0.1) is 28.0 Å². The van der Waals surface area contributed by atoms with Crippen LogP contribution in [0, 0.1) is 0 Å². The van der Waals surface area contributed by atoms with E-state index in [2.05, 4.69) is 10.3 Å². The van der Waals surface area contributed by atoms with Crippen molar-refractivity contribution in [3.63, 3.8) is 0 Å². The van der Waals surface area contributed by atoms with Gasteiger partial charge in [-0.05, 0) is 35.9 Å². The summed E-state index contributed by atoms with van der Waals surface area (Å²) < 4.78 is 0. The average Bonchev–Trinajstić information content (AvgIpc) is 3.21. The zero-order valence-corrected chi connectivity index (χ0v) is 17.1. The molecular formula is C21H16ClN3O4S. The Bertz CT molecular complexity index is 1120. The first-order valence-corrected chi connectivity index (χ1v) is 10.3. The molecule has 2 aromatic carbocycles. The van der Waals surface area contributed by atoms with Crippen LogP contribution in [-0.4, -0.2) is 38.8 Å². The first-order valence-electron chi connectivity index (χ1n) is 9.03. The summed E-state index contributed by atoms with van der Waals surface area (Å²) in [6.07, 6.45) is 0.260. The molecule has 1 atom stereocenters. The Kier molecular flexibility index (Phi) is 5.52. The van der Waals surface area contributed by atoms with Crippen molar-refractivity contribution in [1.82, 2.24) is 9.88 Å². The molecule has 1 aliphatic heterocycles. The highest BCUT2D eigenvalue weighted by atomic mass is 35.5. The van der Waals surface area contributed by atoms with Crippen LogP contribution in [0.3, 0.4) is 0 Å². The van der Waals surface area contributed by atoms with Gasteiger partial charge in [0.15, 0.2) is 0 Å². The van der Waals surface area contributed by atoms with Crippen molar-refractivity contribution in [3.05, 3.63) is 80.8 Å². The molecule has 2 heterocycles. The number of thiazole rings is 1. The molecule has 0 saturated heterocycles. The Balaban J connectivity index is 1.72. The van der Waals surface area contributed by atoms with Gasteiger partial charge >= 0.3 is 5.97 Å². The van der Waals surface area contributed by atoms with Gasteiger partial charge in [-0.2, -0.15) is 0 Å². The number of hydrogen-bond donors (Lipinski definition) is 2. The van der Waals surface area contributed by atoms with Crippen molar-refractivity contribution in [3.8, 4) is 0 Å². The zero-order chi connectivity index (χ0) is 21.3. The van der Waals surface area contributed by atoms with Gasteiger partial charge in [-0.3, -0.25) is 9.59 Å². The summed E-state index contributed by atoms with van der Waals surface area (Å²) in [6, 6.07) is 10.2. The minimum absolute atomic E-state index is 0.142. The lowest BCUT2D eigenvalue weighted by atomic mass is 10.1. The minimum Gasteiger partial charge on any atom is -0.478 e. The zero-order valence-electron chi connectivity index (χ0n) is 15.5. The average molecular weight is 442 g/mol. The van der Waals surface area contributed by atoms with E-state index in [-0.39, 0.29) is 30.3 Å². The molecule has 30 heavy (non-hydrogen) atoms. The van der Waals surface area contributed by atoms with Crippen LogP contribution in [0.5, 0.6) is 0 Å². The van der Waals surface area contributed by atoms with E-state index in [1.54, 1.807) is 35.8 Å². The van der Waals surface area contributed by atoms with Gasteiger partial charge in [0.2, 0.25) is 5.91 Å². The van der Waals surface area contributed by atoms with Gasteiger partial charge in [0.1, 0.15) is 6.04 Å². The number of hydrogen-bond acceptors (Lipinski definition) is 5. The topological polar surface area (TPSA) is 99.6 Å². The number of amides is 2. The van der Waals surface area contributed by atoms with E-state index in [9.17, 15) is 14.4 Å². The summed E-state index contributed by atoms with van der Waals surface area (Å²) in [5.74, 6) is -1.68. The van der Waals surface area contributed by atoms with E-state index in [0.717, 1.165) is 0 Å². The van der Waals surface area contributed by atoms with Crippen molar-refractivity contribution in [2.75, 3.05) is 5.32 Å². The molecule has 0 aliphatic carbocycles. The molecule has 1 unspecified atom stereocenters. The number of aromatic nitrogens is 1. The Labute approximate surface area is 180 Å². The van der Waals surface area contributed by atoms with Crippen LogP contribution >= 0.6 is 22.9 Å². The summed E-state index contributed by atoms with van der Waals surface area (Å²) >= 11 is 7.47. The third kappa shape index (κ3) is 4.05. The largest absolute Gasteiger partial charge is 0.478 e. The Morgan fingerprint density at radius 3 is 2.63 bits per heavy atom. The van der Waals surface area contributed by atoms with E-state index >= 15 is 0 Å². The molecular weight excluding hydrogens is 426 g/mol. The van der Waals surface area contributed by atoms with Crippen molar-refractivity contribution >= 4 is 46.4 Å². The second-order valence-corrected chi connectivity index (χ2v) is 7.97. The SMILES string of the molecule is O=C(O)c1ccc(CN2C(=O)c3ccc(Cl)cc3NC(=O)C2Cc2cscn2)cc1. The van der Waals surface area contributed by atoms with E-state index in [1.165, 1.54) is 28.4 Å². The first kappa shape index (κ1) is 20.1. The maximum atomic E-state index is 13.4. The van der Waals surface area contributed by atoms with Gasteiger partial charge in [-0.1, -0.05) is 23.7 Å². The predicted molar refractivity (Wildman–Crippen MR) is 113 cm³/mol. The fourth-order valence-corrected chi connectivity index (χ4v) is 4.07. The molecule has 0 radical (unpaired) electrons. The molecule has 152 valence electrons. The highest BCUT2D eigenvalue weighted by molar-refractivity contribution is 7.07. The number of benzene rings is 2. The van der Waals surface area contributed by atoms with Gasteiger partial charge < -0.3 is 15.3 Å². The molecule has 2 N–H and O–H groups in total. The number of aromatic carboxylic acids is 1. The molecule has 0 fully saturated rings. The van der Waals surface area contributed by atoms with Crippen LogP contribution in [0.15, 0.2) is 53.4 Å². The molecule has 2 amide bonds. The van der Waals surface area contributed by atoms with E-state index in [4.69, 9.17) is 16.7 Å². The number of nitrogens with one attached hydrogen (secondary N) is 1. The monoisotopic (exact) mass is 441 g/mol. The second kappa shape index (κ2) is 8.25. The lowest BCUT2D eigenvalue weighted by molar-refractivity contribution is -0.120. The van der Waals surface area contributed by atoms with E-state index in [0.29, 0.717) is 27.5 Å². The maximum absolute atomic E-state index is 13.4. The summed E-state index contributed by atoms with van der Waals surface area (Å²) in [4.78, 5) is 43.3. The molecule has 0 spiro atoms. The molecule has 4 rings (SSSR count). The fraction of sp³-hybridized carbons (Fsp3) is 0.143. The van der Waals surface area contributed by atoms with Crippen molar-refractivity contribution in [2.24, 2.45) is 0 Å². The number of rotatable bonds is 5. The third-order valence-corrected chi connectivity index (χ3v) is 5.72. The van der Waals surface area contributed by atoms with Gasteiger partial charge in [0.25, 0.3) is 5.91 Å². The highest BCUT2D eigenvalue weighted by Crippen LogP contribution is 2.28. The number of nitrogens with zero attached hydrogens (tertiary/aromatic N) is 2. The number of carbonyl (C=O) groups is 3. The predicted octanol–water partition coefficient (Wildman–Crippen LogP) is 3.70. The first-order chi connectivity index (χ1) is 14.4. The molecule has 0 bridgehead atoms. The van der Waals surface area contributed by atoms with Gasteiger partial charge in [0, 0.05) is 23.4 Å². The lowest BCUT2D eigenvalue weighted by Crippen LogP contribution is -2.46. The number of carboxylic acid groups (broad SMARTS) is 1. The second-order valence-electron chi connectivity index (χ2n) is 6.81.